The molecule has 4 rings (SSSR count). The summed E-state index contributed by atoms with van der Waals surface area (Å²) in [5.41, 5.74) is 2.32. The summed E-state index contributed by atoms with van der Waals surface area (Å²) in [5, 5.41) is 11.2. The van der Waals surface area contributed by atoms with E-state index in [2.05, 4.69) is 29.5 Å². The molecule has 0 aliphatic rings. The largest absolute Gasteiger partial charge is 0.467 e. The van der Waals surface area contributed by atoms with Crippen LogP contribution in [0.25, 0.3) is 11.0 Å². The smallest absolute Gasteiger partial charge is 0.251 e. The van der Waals surface area contributed by atoms with Crippen LogP contribution in [0.5, 0.6) is 0 Å². The van der Waals surface area contributed by atoms with Crippen LogP contribution in [-0.2, 0) is 16.1 Å². The molecule has 186 valence electrons. The van der Waals surface area contributed by atoms with Crippen molar-refractivity contribution in [1.82, 2.24) is 20.3 Å². The lowest BCUT2D eigenvalue weighted by Gasteiger charge is -2.30. The number of hydrogen-bond donors (Lipinski definition) is 1. The maximum atomic E-state index is 13.8. The molecule has 36 heavy (non-hydrogen) atoms. The zero-order chi connectivity index (χ0) is 25.7. The summed E-state index contributed by atoms with van der Waals surface area (Å²) in [6.07, 6.45) is 2.26. The topological polar surface area (TPSA) is 110 Å². The number of anilines is 1. The fraction of sp³-hybridized carbons (Fsp3) is 0.296. The Morgan fingerprint density at radius 3 is 2.44 bits per heavy atom. The molecule has 0 unspecified atom stereocenters. The lowest BCUT2D eigenvalue weighted by molar-refractivity contribution is -0.127. The Morgan fingerprint density at radius 1 is 1.03 bits per heavy atom. The molecule has 0 aliphatic heterocycles. The standard InChI is InChI=1S/C27H29N5O4/c1-18(2)14-15-28-27(35)26(24-9-6-16-36-24)32(21-12-10-20(11-13-21)19(3)33)25(34)17-31-23-8-5-4-7-22(23)29-30-31/h4-13,16,18,26H,14-15,17H2,1-3H3,(H,28,35)/t26-/m1/s1. The van der Waals surface area contributed by atoms with Gasteiger partial charge in [-0.1, -0.05) is 31.2 Å². The maximum Gasteiger partial charge on any atom is 0.251 e. The lowest BCUT2D eigenvalue weighted by Crippen LogP contribution is -2.45. The van der Waals surface area contributed by atoms with Crippen LogP contribution >= 0.6 is 0 Å². The van der Waals surface area contributed by atoms with Gasteiger partial charge >= 0.3 is 0 Å². The molecule has 2 amide bonds. The Bertz CT molecular complexity index is 1340. The second-order valence-electron chi connectivity index (χ2n) is 8.99. The van der Waals surface area contributed by atoms with Crippen LogP contribution in [0.2, 0.25) is 0 Å². The molecule has 2 aromatic carbocycles. The molecule has 1 N–H and O–H groups in total. The van der Waals surface area contributed by atoms with E-state index in [-0.39, 0.29) is 24.1 Å². The van der Waals surface area contributed by atoms with Gasteiger partial charge in [0.25, 0.3) is 5.91 Å². The molecule has 0 saturated heterocycles. The third-order valence-electron chi connectivity index (χ3n) is 5.87. The van der Waals surface area contributed by atoms with Gasteiger partial charge in [-0.15, -0.1) is 5.10 Å². The Morgan fingerprint density at radius 2 is 1.78 bits per heavy atom. The number of ketones is 1. The molecule has 0 fully saturated rings. The average Bonchev–Trinajstić information content (AvgIpc) is 3.53. The van der Waals surface area contributed by atoms with Gasteiger partial charge in [0.15, 0.2) is 11.8 Å². The van der Waals surface area contributed by atoms with Gasteiger partial charge in [-0.05, 0) is 67.8 Å². The molecule has 0 bridgehead atoms. The summed E-state index contributed by atoms with van der Waals surface area (Å²) < 4.78 is 7.13. The minimum Gasteiger partial charge on any atom is -0.467 e. The first kappa shape index (κ1) is 24.8. The van der Waals surface area contributed by atoms with E-state index in [4.69, 9.17) is 4.42 Å². The van der Waals surface area contributed by atoms with Crippen LogP contribution in [-0.4, -0.2) is 39.1 Å². The fourth-order valence-electron chi connectivity index (χ4n) is 3.93. The van der Waals surface area contributed by atoms with Crippen molar-refractivity contribution in [2.75, 3.05) is 11.4 Å². The van der Waals surface area contributed by atoms with E-state index in [1.165, 1.54) is 22.8 Å². The van der Waals surface area contributed by atoms with Crippen molar-refractivity contribution in [3.8, 4) is 0 Å². The van der Waals surface area contributed by atoms with E-state index in [9.17, 15) is 14.4 Å². The van der Waals surface area contributed by atoms with Crippen LogP contribution in [0.3, 0.4) is 0 Å². The first-order chi connectivity index (χ1) is 17.3. The van der Waals surface area contributed by atoms with Crippen molar-refractivity contribution in [2.24, 2.45) is 5.92 Å². The van der Waals surface area contributed by atoms with Crippen molar-refractivity contribution >= 4 is 34.3 Å². The molecule has 2 heterocycles. The number of fused-ring (bicyclic) bond motifs is 1. The number of Topliss-reactive ketones (excluding diaryl/α,β-unsaturated/α-hetero) is 1. The third-order valence-corrected chi connectivity index (χ3v) is 5.87. The molecule has 0 saturated carbocycles. The van der Waals surface area contributed by atoms with E-state index in [1.54, 1.807) is 36.4 Å². The number of nitrogens with one attached hydrogen (secondary N) is 1. The normalized spacial score (nSPS) is 12.0. The summed E-state index contributed by atoms with van der Waals surface area (Å²) in [4.78, 5) is 40.5. The van der Waals surface area contributed by atoms with Crippen LogP contribution in [0.15, 0.2) is 71.3 Å². The number of aromatic nitrogens is 3. The SMILES string of the molecule is CC(=O)c1ccc(N(C(=O)Cn2nnc3ccccc32)[C@@H](C(=O)NCCC(C)C)c2ccco2)cc1. The molecule has 4 aromatic rings. The predicted octanol–water partition coefficient (Wildman–Crippen LogP) is 4.16. The summed E-state index contributed by atoms with van der Waals surface area (Å²) in [7, 11) is 0. The number of carbonyl (C=O) groups is 3. The quantitative estimate of drug-likeness (QED) is 0.336. The van der Waals surface area contributed by atoms with Gasteiger partial charge in [-0.3, -0.25) is 19.3 Å². The highest BCUT2D eigenvalue weighted by Gasteiger charge is 2.35. The third kappa shape index (κ3) is 5.51. The number of benzene rings is 2. The van der Waals surface area contributed by atoms with Crippen molar-refractivity contribution in [3.05, 3.63) is 78.3 Å². The molecule has 0 aliphatic carbocycles. The van der Waals surface area contributed by atoms with Gasteiger partial charge in [0, 0.05) is 17.8 Å². The number of para-hydroxylation sites is 1. The zero-order valence-electron chi connectivity index (χ0n) is 20.5. The van der Waals surface area contributed by atoms with Gasteiger partial charge in [-0.25, -0.2) is 4.68 Å². The van der Waals surface area contributed by atoms with Gasteiger partial charge in [0.1, 0.15) is 17.8 Å². The van der Waals surface area contributed by atoms with Crippen LogP contribution in [0, 0.1) is 5.92 Å². The molecule has 0 radical (unpaired) electrons. The fourth-order valence-corrected chi connectivity index (χ4v) is 3.93. The Labute approximate surface area is 209 Å². The molecule has 9 heteroatoms. The van der Waals surface area contributed by atoms with E-state index in [0.717, 1.165) is 6.42 Å². The van der Waals surface area contributed by atoms with Crippen molar-refractivity contribution in [3.63, 3.8) is 0 Å². The van der Waals surface area contributed by atoms with E-state index < -0.39 is 6.04 Å². The highest BCUT2D eigenvalue weighted by atomic mass is 16.3. The monoisotopic (exact) mass is 487 g/mol. The number of amides is 2. The second kappa shape index (κ2) is 11.0. The summed E-state index contributed by atoms with van der Waals surface area (Å²) in [5.74, 6) is -0.114. The molecule has 2 aromatic heterocycles. The van der Waals surface area contributed by atoms with Gasteiger partial charge in [0.2, 0.25) is 5.91 Å². The first-order valence-electron chi connectivity index (χ1n) is 11.9. The van der Waals surface area contributed by atoms with E-state index in [1.807, 2.05) is 24.3 Å². The van der Waals surface area contributed by atoms with Crippen LogP contribution in [0.4, 0.5) is 5.69 Å². The lowest BCUT2D eigenvalue weighted by atomic mass is 10.1. The number of carbonyl (C=O) groups excluding carboxylic acids is 3. The van der Waals surface area contributed by atoms with E-state index >= 15 is 0 Å². The van der Waals surface area contributed by atoms with Gasteiger partial charge < -0.3 is 9.73 Å². The van der Waals surface area contributed by atoms with Crippen LogP contribution in [0.1, 0.15) is 49.4 Å². The molecule has 1 atom stereocenters. The van der Waals surface area contributed by atoms with Crippen LogP contribution < -0.4 is 10.2 Å². The zero-order valence-corrected chi connectivity index (χ0v) is 20.5. The maximum absolute atomic E-state index is 13.8. The highest BCUT2D eigenvalue weighted by Crippen LogP contribution is 2.29. The minimum atomic E-state index is -1.06. The summed E-state index contributed by atoms with van der Waals surface area (Å²) in [6, 6.07) is 16.2. The molecular formula is C27H29N5O4. The number of hydrogen-bond acceptors (Lipinski definition) is 6. The number of rotatable bonds is 10. The van der Waals surface area contributed by atoms with E-state index in [0.29, 0.717) is 40.5 Å². The Hall–Kier alpha value is -4.27. The predicted molar refractivity (Wildman–Crippen MR) is 135 cm³/mol. The number of furan rings is 1. The van der Waals surface area contributed by atoms with Crippen molar-refractivity contribution in [2.45, 2.75) is 39.8 Å². The first-order valence-corrected chi connectivity index (χ1v) is 11.9. The summed E-state index contributed by atoms with van der Waals surface area (Å²) in [6.45, 7) is 5.94. The Balaban J connectivity index is 1.73. The molecule has 0 spiro atoms. The second-order valence-corrected chi connectivity index (χ2v) is 8.99. The van der Waals surface area contributed by atoms with Crippen molar-refractivity contribution in [1.29, 1.82) is 0 Å². The highest BCUT2D eigenvalue weighted by molar-refractivity contribution is 6.02. The Kier molecular flexibility index (Phi) is 7.58. The summed E-state index contributed by atoms with van der Waals surface area (Å²) >= 11 is 0. The van der Waals surface area contributed by atoms with Gasteiger partial charge in [-0.2, -0.15) is 0 Å². The minimum absolute atomic E-state index is 0.0949. The van der Waals surface area contributed by atoms with Gasteiger partial charge in [0.05, 0.1) is 11.8 Å². The number of nitrogens with zero attached hydrogens (tertiary/aromatic N) is 4. The molecule has 9 nitrogen and oxygen atoms in total. The average molecular weight is 488 g/mol. The molecular weight excluding hydrogens is 458 g/mol. The van der Waals surface area contributed by atoms with Crippen molar-refractivity contribution < 1.29 is 18.8 Å².